The molecule has 0 aromatic carbocycles. The molecule has 0 aliphatic heterocycles. The van der Waals surface area contributed by atoms with Gasteiger partial charge in [0.25, 0.3) is 0 Å². The molecule has 2 aromatic rings. The molecule has 94 valence electrons. The van der Waals surface area contributed by atoms with Crippen molar-refractivity contribution in [1.29, 1.82) is 0 Å². The summed E-state index contributed by atoms with van der Waals surface area (Å²) < 4.78 is 0. The van der Waals surface area contributed by atoms with Gasteiger partial charge in [-0.1, -0.05) is 11.6 Å². The van der Waals surface area contributed by atoms with Crippen LogP contribution in [0.3, 0.4) is 0 Å². The number of rotatable bonds is 4. The molecule has 4 nitrogen and oxygen atoms in total. The molecule has 18 heavy (non-hydrogen) atoms. The third-order valence-corrected chi connectivity index (χ3v) is 3.48. The maximum absolute atomic E-state index is 6.02. The summed E-state index contributed by atoms with van der Waals surface area (Å²) in [7, 11) is 0. The van der Waals surface area contributed by atoms with E-state index in [0.29, 0.717) is 15.2 Å². The van der Waals surface area contributed by atoms with Gasteiger partial charge < -0.3 is 5.73 Å². The molecule has 2 heterocycles. The third kappa shape index (κ3) is 3.66. The predicted molar refractivity (Wildman–Crippen MR) is 72.8 cm³/mol. The van der Waals surface area contributed by atoms with Gasteiger partial charge in [-0.3, -0.25) is 0 Å². The monoisotopic (exact) mass is 280 g/mol. The third-order valence-electron chi connectivity index (χ3n) is 2.15. The van der Waals surface area contributed by atoms with Crippen molar-refractivity contribution in [3.63, 3.8) is 0 Å². The van der Waals surface area contributed by atoms with Gasteiger partial charge in [0.05, 0.1) is 5.02 Å². The summed E-state index contributed by atoms with van der Waals surface area (Å²) in [5.41, 5.74) is 6.75. The Bertz CT molecular complexity index is 516. The Balaban J connectivity index is 2.09. The topological polar surface area (TPSA) is 64.7 Å². The second-order valence-electron chi connectivity index (χ2n) is 3.95. The number of aromatic nitrogens is 3. The van der Waals surface area contributed by atoms with Crippen molar-refractivity contribution in [2.24, 2.45) is 5.73 Å². The smallest absolute Gasteiger partial charge is 0.193 e. The lowest BCUT2D eigenvalue weighted by Gasteiger charge is -2.05. The molecule has 0 aliphatic rings. The van der Waals surface area contributed by atoms with Crippen LogP contribution in [-0.2, 0) is 6.42 Å². The average Bonchev–Trinajstić information content (AvgIpc) is 2.34. The van der Waals surface area contributed by atoms with Gasteiger partial charge in [-0.05, 0) is 42.8 Å². The highest BCUT2D eigenvalue weighted by Gasteiger charge is 2.06. The summed E-state index contributed by atoms with van der Waals surface area (Å²) in [6, 6.07) is 3.69. The molecule has 0 amide bonds. The van der Waals surface area contributed by atoms with Crippen LogP contribution in [0.15, 0.2) is 40.9 Å². The van der Waals surface area contributed by atoms with Crippen LogP contribution in [0.25, 0.3) is 0 Å². The van der Waals surface area contributed by atoms with E-state index in [-0.39, 0.29) is 6.04 Å². The molecule has 1 unspecified atom stereocenters. The van der Waals surface area contributed by atoms with E-state index in [0.717, 1.165) is 12.0 Å². The van der Waals surface area contributed by atoms with Crippen LogP contribution in [0.1, 0.15) is 12.5 Å². The van der Waals surface area contributed by atoms with Crippen LogP contribution in [0.2, 0.25) is 5.02 Å². The zero-order chi connectivity index (χ0) is 13.0. The molecule has 0 aliphatic carbocycles. The van der Waals surface area contributed by atoms with E-state index in [4.69, 9.17) is 17.3 Å². The first-order chi connectivity index (χ1) is 8.65. The molecule has 2 aromatic heterocycles. The Morgan fingerprint density at radius 3 is 2.67 bits per heavy atom. The predicted octanol–water partition coefficient (Wildman–Crippen LogP) is 2.57. The Kier molecular flexibility index (Phi) is 4.52. The van der Waals surface area contributed by atoms with Gasteiger partial charge in [0.2, 0.25) is 0 Å². The first-order valence-corrected chi connectivity index (χ1v) is 6.69. The van der Waals surface area contributed by atoms with E-state index in [2.05, 4.69) is 15.0 Å². The lowest BCUT2D eigenvalue weighted by Crippen LogP contribution is -2.17. The largest absolute Gasteiger partial charge is 0.328 e. The summed E-state index contributed by atoms with van der Waals surface area (Å²) in [5.74, 6) is 0. The summed E-state index contributed by atoms with van der Waals surface area (Å²) in [6.07, 6.45) is 6.04. The average molecular weight is 281 g/mol. The summed E-state index contributed by atoms with van der Waals surface area (Å²) in [6.45, 7) is 1.95. The Morgan fingerprint density at radius 1 is 1.33 bits per heavy atom. The van der Waals surface area contributed by atoms with Crippen LogP contribution in [0.5, 0.6) is 0 Å². The van der Waals surface area contributed by atoms with E-state index in [9.17, 15) is 0 Å². The fourth-order valence-electron chi connectivity index (χ4n) is 1.41. The number of nitrogens with two attached hydrogens (primary N) is 1. The molecule has 6 heteroatoms. The van der Waals surface area contributed by atoms with E-state index in [1.165, 1.54) is 11.8 Å². The molecule has 2 N–H and O–H groups in total. The quantitative estimate of drug-likeness (QED) is 0.872. The lowest BCUT2D eigenvalue weighted by atomic mass is 10.1. The number of hydrogen-bond donors (Lipinski definition) is 1. The van der Waals surface area contributed by atoms with Gasteiger partial charge in [0.15, 0.2) is 5.16 Å². The molecule has 0 radical (unpaired) electrons. The Hall–Kier alpha value is -1.17. The van der Waals surface area contributed by atoms with Gasteiger partial charge in [-0.25, -0.2) is 15.0 Å². The number of halogens is 1. The van der Waals surface area contributed by atoms with Crippen LogP contribution in [-0.4, -0.2) is 21.0 Å². The van der Waals surface area contributed by atoms with Gasteiger partial charge in [-0.2, -0.15) is 0 Å². The van der Waals surface area contributed by atoms with E-state index in [1.807, 2.05) is 6.92 Å². The van der Waals surface area contributed by atoms with Crippen LogP contribution in [0, 0.1) is 0 Å². The minimum Gasteiger partial charge on any atom is -0.328 e. The van der Waals surface area contributed by atoms with Gasteiger partial charge in [-0.15, -0.1) is 0 Å². The molecule has 2 rings (SSSR count). The fraction of sp³-hybridized carbons (Fsp3) is 0.250. The molecule has 1 atom stereocenters. The SMILES string of the molecule is CC(N)Cc1cnc(Sc2ncccc2Cl)nc1. The van der Waals surface area contributed by atoms with Crippen molar-refractivity contribution < 1.29 is 0 Å². The molecule has 0 fully saturated rings. The first-order valence-electron chi connectivity index (χ1n) is 5.50. The highest BCUT2D eigenvalue weighted by molar-refractivity contribution is 7.99. The molecule has 0 spiro atoms. The zero-order valence-corrected chi connectivity index (χ0v) is 11.4. The second-order valence-corrected chi connectivity index (χ2v) is 5.31. The number of pyridine rings is 1. The molecule has 0 saturated carbocycles. The molecular formula is C12H13ClN4S. The van der Waals surface area contributed by atoms with E-state index >= 15 is 0 Å². The highest BCUT2D eigenvalue weighted by Crippen LogP contribution is 2.28. The molecule has 0 bridgehead atoms. The Labute approximate surface area is 115 Å². The lowest BCUT2D eigenvalue weighted by molar-refractivity contribution is 0.727. The van der Waals surface area contributed by atoms with E-state index < -0.39 is 0 Å². The van der Waals surface area contributed by atoms with Gasteiger partial charge >= 0.3 is 0 Å². The normalized spacial score (nSPS) is 12.4. The van der Waals surface area contributed by atoms with Crippen molar-refractivity contribution in [3.05, 3.63) is 41.3 Å². The molecular weight excluding hydrogens is 268 g/mol. The first kappa shape index (κ1) is 13.3. The summed E-state index contributed by atoms with van der Waals surface area (Å²) in [5, 5.41) is 1.94. The van der Waals surface area contributed by atoms with Crippen LogP contribution < -0.4 is 5.73 Å². The maximum Gasteiger partial charge on any atom is 0.193 e. The zero-order valence-electron chi connectivity index (χ0n) is 9.88. The van der Waals surface area contributed by atoms with Gasteiger partial charge in [0, 0.05) is 24.6 Å². The molecule has 0 saturated heterocycles. The minimum atomic E-state index is 0.109. The number of hydrogen-bond acceptors (Lipinski definition) is 5. The fourth-order valence-corrected chi connectivity index (χ4v) is 2.31. The van der Waals surface area contributed by atoms with Crippen molar-refractivity contribution in [2.45, 2.75) is 29.6 Å². The second kappa shape index (κ2) is 6.13. The van der Waals surface area contributed by atoms with E-state index in [1.54, 1.807) is 30.7 Å². The minimum absolute atomic E-state index is 0.109. The Morgan fingerprint density at radius 2 is 2.06 bits per heavy atom. The van der Waals surface area contributed by atoms with Gasteiger partial charge in [0.1, 0.15) is 5.03 Å². The van der Waals surface area contributed by atoms with Crippen molar-refractivity contribution >= 4 is 23.4 Å². The summed E-state index contributed by atoms with van der Waals surface area (Å²) >= 11 is 7.36. The van der Waals surface area contributed by atoms with Crippen LogP contribution in [0.4, 0.5) is 0 Å². The maximum atomic E-state index is 6.02. The standard InChI is InChI=1S/C12H13ClN4S/c1-8(14)5-9-6-16-12(17-7-9)18-11-10(13)3-2-4-15-11/h2-4,6-8H,5,14H2,1H3. The summed E-state index contributed by atoms with van der Waals surface area (Å²) in [4.78, 5) is 12.7. The van der Waals surface area contributed by atoms with Crippen LogP contribution >= 0.6 is 23.4 Å². The van der Waals surface area contributed by atoms with Crippen molar-refractivity contribution in [1.82, 2.24) is 15.0 Å². The van der Waals surface area contributed by atoms with Crippen molar-refractivity contribution in [2.75, 3.05) is 0 Å². The highest BCUT2D eigenvalue weighted by atomic mass is 35.5. The van der Waals surface area contributed by atoms with Crippen molar-refractivity contribution in [3.8, 4) is 0 Å². The number of nitrogens with zero attached hydrogens (tertiary/aromatic N) is 3.